The van der Waals surface area contributed by atoms with Gasteiger partial charge < -0.3 is 9.47 Å². The van der Waals surface area contributed by atoms with Crippen molar-refractivity contribution >= 4 is 11.9 Å². The molecule has 0 aromatic heterocycles. The zero-order valence-corrected chi connectivity index (χ0v) is 26.4. The van der Waals surface area contributed by atoms with E-state index >= 15 is 0 Å². The van der Waals surface area contributed by atoms with E-state index in [2.05, 4.69) is 64.5 Å². The fourth-order valence-electron chi connectivity index (χ4n) is 10.0. The van der Waals surface area contributed by atoms with Crippen LogP contribution in [0.3, 0.4) is 0 Å². The Labute approximate surface area is 243 Å². The largest absolute Gasteiger partial charge is 0.460 e. The van der Waals surface area contributed by atoms with Crippen molar-refractivity contribution in [2.75, 3.05) is 0 Å². The van der Waals surface area contributed by atoms with E-state index in [1.54, 1.807) is 0 Å². The summed E-state index contributed by atoms with van der Waals surface area (Å²) >= 11 is 0. The van der Waals surface area contributed by atoms with Gasteiger partial charge in [-0.25, -0.2) is 0 Å². The van der Waals surface area contributed by atoms with Gasteiger partial charge in [-0.15, -0.1) is 26.3 Å². The van der Waals surface area contributed by atoms with Gasteiger partial charge in [-0.1, -0.05) is 31.2 Å². The third-order valence-electron chi connectivity index (χ3n) is 11.3. The molecule has 0 saturated heterocycles. The highest BCUT2D eigenvalue weighted by atomic mass is 16.6. The molecule has 4 aliphatic carbocycles. The average molecular weight is 551 g/mol. The fraction of sp³-hybridized carbons (Fsp3) is 0.722. The summed E-state index contributed by atoms with van der Waals surface area (Å²) in [6.07, 6.45) is 11.7. The zero-order chi connectivity index (χ0) is 30.0. The monoisotopic (exact) mass is 550 g/mol. The van der Waals surface area contributed by atoms with E-state index in [4.69, 9.17) is 9.47 Å². The summed E-state index contributed by atoms with van der Waals surface area (Å²) in [5.74, 6) is 1.44. The van der Waals surface area contributed by atoms with E-state index in [1.807, 2.05) is 41.5 Å². The van der Waals surface area contributed by atoms with Gasteiger partial charge >= 0.3 is 11.9 Å². The first-order valence-electron chi connectivity index (χ1n) is 15.5. The zero-order valence-electron chi connectivity index (χ0n) is 26.4. The van der Waals surface area contributed by atoms with Gasteiger partial charge in [-0.3, -0.25) is 9.59 Å². The Morgan fingerprint density at radius 1 is 0.700 bits per heavy atom. The predicted octanol–water partition coefficient (Wildman–Crippen LogP) is 8.20. The molecule has 0 amide bonds. The second-order valence-electron chi connectivity index (χ2n) is 15.7. The van der Waals surface area contributed by atoms with Crippen LogP contribution < -0.4 is 0 Å². The van der Waals surface area contributed by atoms with Crippen LogP contribution in [0.5, 0.6) is 0 Å². The molecule has 0 aromatic carbocycles. The minimum atomic E-state index is -0.845. The first-order valence-corrected chi connectivity index (χ1v) is 15.5. The maximum Gasteiger partial charge on any atom is 0.313 e. The molecule has 4 rings (SSSR count). The van der Waals surface area contributed by atoms with Gasteiger partial charge in [0.05, 0.1) is 10.8 Å². The Morgan fingerprint density at radius 2 is 1.12 bits per heavy atom. The van der Waals surface area contributed by atoms with E-state index in [-0.39, 0.29) is 53.4 Å². The Kier molecular flexibility index (Phi) is 7.96. The summed E-state index contributed by atoms with van der Waals surface area (Å²) in [5, 5.41) is 0. The molecule has 0 spiro atoms. The van der Waals surface area contributed by atoms with Crippen LogP contribution >= 0.6 is 0 Å². The number of hydrogen-bond donors (Lipinski definition) is 0. The normalized spacial score (nSPS) is 44.4. The smallest absolute Gasteiger partial charge is 0.313 e. The molecule has 0 heterocycles. The Bertz CT molecular complexity index is 1060. The topological polar surface area (TPSA) is 52.6 Å². The van der Waals surface area contributed by atoms with Crippen molar-refractivity contribution in [1.29, 1.82) is 0 Å². The Morgan fingerprint density at radius 3 is 1.57 bits per heavy atom. The standard InChI is InChI=1S/C36H54O4/c1-13-22-18-25(16-4)29-26(22)19-35(12,31(37)39-33(6,7)8)30(29)36(32(38)40-34(9,10)11)20-27-23(14-2)17-24(15-3)28(27)21(36)5/h13-16,21-30H,1-4,17-20H2,5-12H3. The third-order valence-corrected chi connectivity index (χ3v) is 11.3. The summed E-state index contributed by atoms with van der Waals surface area (Å²) in [6, 6.07) is 0. The summed E-state index contributed by atoms with van der Waals surface area (Å²) in [5.41, 5.74) is -2.96. The number of fused-ring (bicyclic) bond motifs is 2. The molecule has 4 aliphatic rings. The van der Waals surface area contributed by atoms with Crippen molar-refractivity contribution in [3.63, 3.8) is 0 Å². The maximum absolute atomic E-state index is 14.9. The summed E-state index contributed by atoms with van der Waals surface area (Å²) in [6.45, 7) is 32.8. The van der Waals surface area contributed by atoms with Crippen molar-refractivity contribution in [1.82, 2.24) is 0 Å². The van der Waals surface area contributed by atoms with E-state index < -0.39 is 22.0 Å². The van der Waals surface area contributed by atoms with Gasteiger partial charge in [0.15, 0.2) is 0 Å². The first-order chi connectivity index (χ1) is 18.5. The first kappa shape index (κ1) is 30.8. The average Bonchev–Trinajstić information content (AvgIpc) is 3.54. The van der Waals surface area contributed by atoms with Gasteiger partial charge in [0.25, 0.3) is 0 Å². The molecule has 12 unspecified atom stereocenters. The highest BCUT2D eigenvalue weighted by Gasteiger charge is 2.74. The molecule has 12 atom stereocenters. The van der Waals surface area contributed by atoms with Crippen LogP contribution in [0.1, 0.15) is 81.1 Å². The van der Waals surface area contributed by atoms with Crippen LogP contribution in [0.2, 0.25) is 0 Å². The van der Waals surface area contributed by atoms with Crippen LogP contribution in [0, 0.1) is 70.0 Å². The lowest BCUT2D eigenvalue weighted by Crippen LogP contribution is -2.55. The van der Waals surface area contributed by atoms with Crippen LogP contribution in [0.15, 0.2) is 50.6 Å². The highest BCUT2D eigenvalue weighted by molar-refractivity contribution is 5.84. The van der Waals surface area contributed by atoms with Gasteiger partial charge in [0.2, 0.25) is 0 Å². The van der Waals surface area contributed by atoms with Crippen molar-refractivity contribution in [3.05, 3.63) is 50.6 Å². The highest BCUT2D eigenvalue weighted by Crippen LogP contribution is 2.73. The van der Waals surface area contributed by atoms with Gasteiger partial charge in [0, 0.05) is 0 Å². The lowest BCUT2D eigenvalue weighted by molar-refractivity contribution is -0.189. The van der Waals surface area contributed by atoms with Crippen molar-refractivity contribution in [2.24, 2.45) is 70.0 Å². The molecule has 0 aromatic rings. The molecular formula is C36H54O4. The van der Waals surface area contributed by atoms with Crippen molar-refractivity contribution in [3.8, 4) is 0 Å². The van der Waals surface area contributed by atoms with E-state index in [9.17, 15) is 9.59 Å². The molecule has 4 heteroatoms. The number of esters is 2. The Hall–Kier alpha value is -2.10. The van der Waals surface area contributed by atoms with Crippen LogP contribution in [0.4, 0.5) is 0 Å². The molecule has 222 valence electrons. The molecule has 0 radical (unpaired) electrons. The second kappa shape index (κ2) is 10.3. The number of allylic oxidation sites excluding steroid dienone is 4. The SMILES string of the molecule is C=CC1CC(C=C)C2C1CC(C(=O)OC(C)(C)C)(C1C3C(C=C)CC(C=C)C3CC1(C)C(=O)OC(C)(C)C)C2C. The summed E-state index contributed by atoms with van der Waals surface area (Å²) in [4.78, 5) is 29.2. The quantitative estimate of drug-likeness (QED) is 0.237. The molecule has 40 heavy (non-hydrogen) atoms. The number of carbonyl (C=O) groups is 2. The minimum Gasteiger partial charge on any atom is -0.460 e. The molecule has 4 fully saturated rings. The lowest BCUT2D eigenvalue weighted by Gasteiger charge is -2.49. The maximum atomic E-state index is 14.9. The summed E-state index contributed by atoms with van der Waals surface area (Å²) in [7, 11) is 0. The molecular weight excluding hydrogens is 496 g/mol. The summed E-state index contributed by atoms with van der Waals surface area (Å²) < 4.78 is 12.5. The molecule has 0 N–H and O–H groups in total. The number of rotatable bonds is 7. The Balaban J connectivity index is 1.97. The van der Waals surface area contributed by atoms with Crippen LogP contribution in [-0.2, 0) is 19.1 Å². The van der Waals surface area contributed by atoms with E-state index in [1.165, 1.54) is 0 Å². The van der Waals surface area contributed by atoms with E-state index in [0.717, 1.165) is 12.8 Å². The van der Waals surface area contributed by atoms with Gasteiger partial charge in [-0.2, -0.15) is 0 Å². The second-order valence-corrected chi connectivity index (χ2v) is 15.7. The van der Waals surface area contributed by atoms with Crippen LogP contribution in [0.25, 0.3) is 0 Å². The number of ether oxygens (including phenoxy) is 2. The number of carbonyl (C=O) groups excluding carboxylic acids is 2. The molecule has 4 saturated carbocycles. The predicted molar refractivity (Wildman–Crippen MR) is 162 cm³/mol. The molecule has 0 bridgehead atoms. The van der Waals surface area contributed by atoms with Crippen molar-refractivity contribution < 1.29 is 19.1 Å². The fourth-order valence-corrected chi connectivity index (χ4v) is 10.0. The molecule has 4 nitrogen and oxygen atoms in total. The molecule has 0 aliphatic heterocycles. The van der Waals surface area contributed by atoms with E-state index in [0.29, 0.717) is 30.6 Å². The lowest BCUT2D eigenvalue weighted by atomic mass is 9.54. The van der Waals surface area contributed by atoms with Crippen molar-refractivity contribution in [2.45, 2.75) is 92.3 Å². The minimum absolute atomic E-state index is 0.0130. The van der Waals surface area contributed by atoms with Crippen LogP contribution in [-0.4, -0.2) is 23.1 Å². The third kappa shape index (κ3) is 4.75. The van der Waals surface area contributed by atoms with Gasteiger partial charge in [0.1, 0.15) is 11.2 Å². The number of hydrogen-bond acceptors (Lipinski definition) is 4. The van der Waals surface area contributed by atoms with Gasteiger partial charge in [-0.05, 0) is 133 Å².